The van der Waals surface area contributed by atoms with E-state index in [2.05, 4.69) is 10.6 Å². The van der Waals surface area contributed by atoms with Crippen molar-refractivity contribution in [2.75, 3.05) is 0 Å². The van der Waals surface area contributed by atoms with Crippen molar-refractivity contribution in [2.24, 2.45) is 0 Å². The van der Waals surface area contributed by atoms with E-state index < -0.39 is 12.1 Å². The van der Waals surface area contributed by atoms with Gasteiger partial charge in [0.1, 0.15) is 5.82 Å². The van der Waals surface area contributed by atoms with Crippen LogP contribution >= 0.6 is 22.9 Å². The first-order valence-corrected chi connectivity index (χ1v) is 10.3. The van der Waals surface area contributed by atoms with E-state index in [1.807, 2.05) is 17.5 Å². The van der Waals surface area contributed by atoms with Crippen LogP contribution in [0.3, 0.4) is 0 Å². The predicted octanol–water partition coefficient (Wildman–Crippen LogP) is 5.01. The topological polar surface area (TPSA) is 58.2 Å². The molecule has 0 saturated heterocycles. The largest absolute Gasteiger partial charge is 0.349 e. The third kappa shape index (κ3) is 5.89. The van der Waals surface area contributed by atoms with E-state index in [1.54, 1.807) is 36.4 Å². The summed E-state index contributed by atoms with van der Waals surface area (Å²) in [6.45, 7) is 1.41. The molecule has 150 valence electrons. The van der Waals surface area contributed by atoms with Gasteiger partial charge in [0, 0.05) is 16.8 Å². The quantitative estimate of drug-likeness (QED) is 0.553. The molecule has 0 unspecified atom stereocenters. The van der Waals surface area contributed by atoms with Crippen LogP contribution in [0.5, 0.6) is 0 Å². The fraction of sp³-hybridized carbons (Fsp3) is 0.182. The number of rotatable bonds is 7. The zero-order valence-corrected chi connectivity index (χ0v) is 17.3. The predicted molar refractivity (Wildman–Crippen MR) is 113 cm³/mol. The Labute approximate surface area is 177 Å². The Bertz CT molecular complexity index is 959. The molecule has 2 aromatic carbocycles. The maximum atomic E-state index is 13.3. The molecule has 7 heteroatoms. The molecule has 4 nitrogen and oxygen atoms in total. The van der Waals surface area contributed by atoms with Gasteiger partial charge >= 0.3 is 0 Å². The Balaban J connectivity index is 1.79. The van der Waals surface area contributed by atoms with Crippen LogP contribution < -0.4 is 10.6 Å². The summed E-state index contributed by atoms with van der Waals surface area (Å²) in [6.07, 6.45) is 0.0598. The number of hydrogen-bond donors (Lipinski definition) is 2. The molecule has 0 radical (unpaired) electrons. The van der Waals surface area contributed by atoms with Gasteiger partial charge in [0.15, 0.2) is 0 Å². The van der Waals surface area contributed by atoms with Crippen molar-refractivity contribution in [3.63, 3.8) is 0 Å². The highest BCUT2D eigenvalue weighted by Crippen LogP contribution is 2.27. The highest BCUT2D eigenvalue weighted by Gasteiger charge is 2.22. The molecule has 3 rings (SSSR count). The molecule has 0 bridgehead atoms. The first-order chi connectivity index (χ1) is 13.9. The summed E-state index contributed by atoms with van der Waals surface area (Å²) in [5.41, 5.74) is 1.57. The lowest BCUT2D eigenvalue weighted by Crippen LogP contribution is -2.34. The second-order valence-corrected chi connectivity index (χ2v) is 7.99. The Morgan fingerprint density at radius 3 is 2.24 bits per heavy atom. The zero-order chi connectivity index (χ0) is 20.8. The van der Waals surface area contributed by atoms with Gasteiger partial charge in [0.25, 0.3) is 0 Å². The van der Waals surface area contributed by atoms with Crippen molar-refractivity contribution >= 4 is 34.8 Å². The third-order valence-corrected chi connectivity index (χ3v) is 5.56. The lowest BCUT2D eigenvalue weighted by atomic mass is 10.0. The van der Waals surface area contributed by atoms with Gasteiger partial charge in [0.05, 0.1) is 18.5 Å². The van der Waals surface area contributed by atoms with Crippen molar-refractivity contribution in [1.82, 2.24) is 10.6 Å². The van der Waals surface area contributed by atoms with Crippen LogP contribution in [0.15, 0.2) is 66.0 Å². The number of thiophene rings is 1. The maximum Gasteiger partial charge on any atom is 0.223 e. The van der Waals surface area contributed by atoms with Crippen molar-refractivity contribution in [3.8, 4) is 0 Å². The van der Waals surface area contributed by atoms with Crippen molar-refractivity contribution in [3.05, 3.63) is 92.9 Å². The standard InChI is InChI=1S/C22H20ClFN2O2S/c1-14(27)25-19(15-4-8-17(23)9-5-15)13-21(28)26-22(20-3-2-12-29-20)16-6-10-18(24)11-7-16/h2-12,19,22H,13H2,1H3,(H,25,27)(H,26,28)/t19-,22+/m1/s1. The third-order valence-electron chi connectivity index (χ3n) is 4.38. The fourth-order valence-electron chi connectivity index (χ4n) is 3.03. The molecule has 0 saturated carbocycles. The SMILES string of the molecule is CC(=O)N[C@H](CC(=O)N[C@@H](c1ccc(F)cc1)c1cccs1)c1ccc(Cl)cc1. The highest BCUT2D eigenvalue weighted by molar-refractivity contribution is 7.10. The van der Waals surface area contributed by atoms with Gasteiger partial charge in [-0.25, -0.2) is 4.39 Å². The van der Waals surface area contributed by atoms with Crippen LogP contribution in [0.4, 0.5) is 4.39 Å². The summed E-state index contributed by atoms with van der Waals surface area (Å²) < 4.78 is 13.3. The molecule has 2 atom stereocenters. The Morgan fingerprint density at radius 2 is 1.66 bits per heavy atom. The molecule has 1 aromatic heterocycles. The second-order valence-electron chi connectivity index (χ2n) is 6.58. The van der Waals surface area contributed by atoms with Crippen LogP contribution in [0.2, 0.25) is 5.02 Å². The molecule has 2 amide bonds. The molecule has 0 aliphatic heterocycles. The van der Waals surface area contributed by atoms with Gasteiger partial charge in [-0.1, -0.05) is 41.9 Å². The number of amides is 2. The van der Waals surface area contributed by atoms with E-state index in [0.29, 0.717) is 5.02 Å². The number of halogens is 2. The van der Waals surface area contributed by atoms with Crippen LogP contribution in [-0.2, 0) is 9.59 Å². The summed E-state index contributed by atoms with van der Waals surface area (Å²) in [6, 6.07) is 16.0. The number of carbonyl (C=O) groups is 2. The van der Waals surface area contributed by atoms with Crippen molar-refractivity contribution in [1.29, 1.82) is 0 Å². The van der Waals surface area contributed by atoms with Crippen LogP contribution in [0.25, 0.3) is 0 Å². The van der Waals surface area contributed by atoms with E-state index in [9.17, 15) is 14.0 Å². The number of benzene rings is 2. The van der Waals surface area contributed by atoms with Gasteiger partial charge in [-0.3, -0.25) is 9.59 Å². The van der Waals surface area contributed by atoms with Crippen LogP contribution in [0.1, 0.15) is 41.4 Å². The molecular formula is C22H20ClFN2O2S. The maximum absolute atomic E-state index is 13.3. The number of nitrogens with one attached hydrogen (secondary N) is 2. The van der Waals surface area contributed by atoms with E-state index in [4.69, 9.17) is 11.6 Å². The summed E-state index contributed by atoms with van der Waals surface area (Å²) in [5, 5.41) is 8.32. The summed E-state index contributed by atoms with van der Waals surface area (Å²) in [4.78, 5) is 25.4. The smallest absolute Gasteiger partial charge is 0.223 e. The van der Waals surface area contributed by atoms with Crippen LogP contribution in [-0.4, -0.2) is 11.8 Å². The number of carbonyl (C=O) groups excluding carboxylic acids is 2. The van der Waals surface area contributed by atoms with E-state index in [-0.39, 0.29) is 24.1 Å². The Kier molecular flexibility index (Phi) is 7.01. The second kappa shape index (κ2) is 9.67. The Morgan fingerprint density at radius 1 is 1.00 bits per heavy atom. The average molecular weight is 431 g/mol. The fourth-order valence-corrected chi connectivity index (χ4v) is 3.96. The van der Waals surface area contributed by atoms with E-state index in [1.165, 1.54) is 30.4 Å². The molecule has 2 N–H and O–H groups in total. The van der Waals surface area contributed by atoms with Gasteiger partial charge in [-0.2, -0.15) is 0 Å². The normalized spacial score (nSPS) is 12.8. The van der Waals surface area contributed by atoms with Crippen molar-refractivity contribution < 1.29 is 14.0 Å². The van der Waals surface area contributed by atoms with Crippen molar-refractivity contribution in [2.45, 2.75) is 25.4 Å². The zero-order valence-electron chi connectivity index (χ0n) is 15.7. The lowest BCUT2D eigenvalue weighted by molar-refractivity contribution is -0.123. The summed E-state index contributed by atoms with van der Waals surface area (Å²) in [7, 11) is 0. The molecule has 0 fully saturated rings. The van der Waals surface area contributed by atoms with Gasteiger partial charge in [-0.15, -0.1) is 11.3 Å². The van der Waals surface area contributed by atoms with Gasteiger partial charge in [-0.05, 0) is 46.8 Å². The van der Waals surface area contributed by atoms with Gasteiger partial charge < -0.3 is 10.6 Å². The molecule has 0 spiro atoms. The minimum absolute atomic E-state index is 0.0598. The minimum atomic E-state index is -0.484. The summed E-state index contributed by atoms with van der Waals surface area (Å²) in [5.74, 6) is -0.800. The molecule has 3 aromatic rings. The van der Waals surface area contributed by atoms with Gasteiger partial charge in [0.2, 0.25) is 11.8 Å². The first kappa shape index (κ1) is 21.0. The lowest BCUT2D eigenvalue weighted by Gasteiger charge is -2.22. The van der Waals surface area contributed by atoms with E-state index in [0.717, 1.165) is 16.0 Å². The monoisotopic (exact) mass is 430 g/mol. The first-order valence-electron chi connectivity index (χ1n) is 9.03. The number of hydrogen-bond acceptors (Lipinski definition) is 3. The summed E-state index contributed by atoms with van der Waals surface area (Å²) >= 11 is 7.45. The van der Waals surface area contributed by atoms with E-state index >= 15 is 0 Å². The average Bonchev–Trinajstić information content (AvgIpc) is 3.21. The molecule has 29 heavy (non-hydrogen) atoms. The highest BCUT2D eigenvalue weighted by atomic mass is 35.5. The minimum Gasteiger partial charge on any atom is -0.349 e. The molecule has 0 aliphatic carbocycles. The Hall–Kier alpha value is -2.70. The molecule has 1 heterocycles. The van der Waals surface area contributed by atoms with Crippen LogP contribution in [0, 0.1) is 5.82 Å². The molecular weight excluding hydrogens is 411 g/mol. The molecule has 0 aliphatic rings.